The number of ether oxygens (including phenoxy) is 1. The van der Waals surface area contributed by atoms with E-state index in [0.717, 1.165) is 5.56 Å². The van der Waals surface area contributed by atoms with Gasteiger partial charge >= 0.3 is 0 Å². The van der Waals surface area contributed by atoms with E-state index in [-0.39, 0.29) is 29.5 Å². The molecule has 0 atom stereocenters. The summed E-state index contributed by atoms with van der Waals surface area (Å²) in [6, 6.07) is 13.3. The van der Waals surface area contributed by atoms with Crippen LogP contribution in [-0.2, 0) is 16.1 Å². The minimum atomic E-state index is -0.305. The fourth-order valence-corrected chi connectivity index (χ4v) is 3.37. The molecule has 1 heterocycles. The van der Waals surface area contributed by atoms with E-state index < -0.39 is 0 Å². The first-order valence-electron chi connectivity index (χ1n) is 10.0. The number of rotatable bonds is 6. The number of hydrogen-bond donors (Lipinski definition) is 1. The predicted molar refractivity (Wildman–Crippen MR) is 109 cm³/mol. The summed E-state index contributed by atoms with van der Waals surface area (Å²) in [6.45, 7) is 5.53. The van der Waals surface area contributed by atoms with Gasteiger partial charge in [0.15, 0.2) is 0 Å². The van der Waals surface area contributed by atoms with Crippen LogP contribution >= 0.6 is 0 Å². The molecule has 1 N–H and O–H groups in total. The van der Waals surface area contributed by atoms with Crippen LogP contribution in [0, 0.1) is 17.7 Å². The van der Waals surface area contributed by atoms with Crippen molar-refractivity contribution in [2.45, 2.75) is 33.2 Å². The van der Waals surface area contributed by atoms with Gasteiger partial charge in [-0.05, 0) is 54.8 Å². The minimum absolute atomic E-state index is 0.00427. The van der Waals surface area contributed by atoms with Gasteiger partial charge in [-0.15, -0.1) is 0 Å². The lowest BCUT2D eigenvalue weighted by atomic mass is 9.95. The average Bonchev–Trinajstić information content (AvgIpc) is 2.74. The van der Waals surface area contributed by atoms with Crippen LogP contribution in [0.2, 0.25) is 0 Å². The van der Waals surface area contributed by atoms with Crippen molar-refractivity contribution in [2.75, 3.05) is 13.1 Å². The molecule has 3 rings (SSSR count). The summed E-state index contributed by atoms with van der Waals surface area (Å²) < 4.78 is 18.6. The Bertz CT molecular complexity index is 826. The maximum Gasteiger partial charge on any atom is 0.225 e. The summed E-state index contributed by atoms with van der Waals surface area (Å²) >= 11 is 0. The Morgan fingerprint density at radius 1 is 1.03 bits per heavy atom. The summed E-state index contributed by atoms with van der Waals surface area (Å²) in [7, 11) is 0. The van der Waals surface area contributed by atoms with Crippen LogP contribution in [0.4, 0.5) is 4.39 Å². The van der Waals surface area contributed by atoms with Gasteiger partial charge in [0.25, 0.3) is 0 Å². The van der Waals surface area contributed by atoms with Crippen LogP contribution in [-0.4, -0.2) is 29.8 Å². The third-order valence-corrected chi connectivity index (χ3v) is 5.11. The van der Waals surface area contributed by atoms with Gasteiger partial charge < -0.3 is 15.0 Å². The van der Waals surface area contributed by atoms with Crippen LogP contribution in [0.1, 0.15) is 32.3 Å². The number of piperidine rings is 1. The highest BCUT2D eigenvalue weighted by Gasteiger charge is 2.27. The van der Waals surface area contributed by atoms with Gasteiger partial charge in [0, 0.05) is 31.5 Å². The molecule has 29 heavy (non-hydrogen) atoms. The lowest BCUT2D eigenvalue weighted by molar-refractivity contribution is -0.138. The highest BCUT2D eigenvalue weighted by molar-refractivity contribution is 5.80. The van der Waals surface area contributed by atoms with Crippen molar-refractivity contribution in [1.29, 1.82) is 0 Å². The van der Waals surface area contributed by atoms with E-state index in [1.165, 1.54) is 12.1 Å². The molecule has 6 heteroatoms. The van der Waals surface area contributed by atoms with Crippen LogP contribution in [0.3, 0.4) is 0 Å². The number of halogens is 1. The van der Waals surface area contributed by atoms with E-state index in [9.17, 15) is 14.0 Å². The number of nitrogens with zero attached hydrogens (tertiary/aromatic N) is 1. The van der Waals surface area contributed by atoms with Crippen LogP contribution in [0.25, 0.3) is 0 Å². The van der Waals surface area contributed by atoms with Crippen LogP contribution < -0.4 is 10.1 Å². The molecule has 0 bridgehead atoms. The predicted octanol–water partition coefficient (Wildman–Crippen LogP) is 4.13. The number of carbonyl (C=O) groups excluding carboxylic acids is 2. The first-order chi connectivity index (χ1) is 13.9. The minimum Gasteiger partial charge on any atom is -0.457 e. The van der Waals surface area contributed by atoms with Crippen LogP contribution in [0.5, 0.6) is 11.5 Å². The smallest absolute Gasteiger partial charge is 0.225 e. The highest BCUT2D eigenvalue weighted by atomic mass is 19.1. The summed E-state index contributed by atoms with van der Waals surface area (Å²) in [4.78, 5) is 26.3. The fraction of sp³-hybridized carbons (Fsp3) is 0.391. The Morgan fingerprint density at radius 2 is 1.59 bits per heavy atom. The Hall–Kier alpha value is -2.89. The fourth-order valence-electron chi connectivity index (χ4n) is 3.37. The standard InChI is InChI=1S/C23H27FN2O3/c1-16(2)23(28)26-13-11-18(12-14-26)22(27)25-15-17-3-7-20(8-4-17)29-21-9-5-19(24)6-10-21/h3-10,16,18H,11-15H2,1-2H3,(H,25,27). The molecule has 1 aliphatic rings. The van der Waals surface area contributed by atoms with E-state index in [1.807, 2.05) is 43.0 Å². The van der Waals surface area contributed by atoms with Gasteiger partial charge in [-0.3, -0.25) is 9.59 Å². The zero-order valence-electron chi connectivity index (χ0n) is 16.9. The maximum absolute atomic E-state index is 12.9. The second-order valence-electron chi connectivity index (χ2n) is 7.67. The van der Waals surface area contributed by atoms with Gasteiger partial charge in [0.05, 0.1) is 0 Å². The van der Waals surface area contributed by atoms with E-state index in [1.54, 1.807) is 12.1 Å². The highest BCUT2D eigenvalue weighted by Crippen LogP contribution is 2.22. The normalized spacial score (nSPS) is 14.7. The second-order valence-corrected chi connectivity index (χ2v) is 7.67. The molecule has 5 nitrogen and oxygen atoms in total. The Labute approximate surface area is 170 Å². The maximum atomic E-state index is 12.9. The third kappa shape index (κ3) is 5.79. The molecule has 0 aromatic heterocycles. The van der Waals surface area contributed by atoms with E-state index >= 15 is 0 Å². The molecule has 0 spiro atoms. The molecule has 0 aliphatic carbocycles. The SMILES string of the molecule is CC(C)C(=O)N1CCC(C(=O)NCc2ccc(Oc3ccc(F)cc3)cc2)CC1. The van der Waals surface area contributed by atoms with E-state index in [0.29, 0.717) is 44.0 Å². The quantitative estimate of drug-likeness (QED) is 0.796. The van der Waals surface area contributed by atoms with Crippen LogP contribution in [0.15, 0.2) is 48.5 Å². The zero-order valence-corrected chi connectivity index (χ0v) is 16.9. The summed E-state index contributed by atoms with van der Waals surface area (Å²) in [5, 5.41) is 2.99. The lowest BCUT2D eigenvalue weighted by Crippen LogP contribution is -2.44. The van der Waals surface area contributed by atoms with Crippen molar-refractivity contribution < 1.29 is 18.7 Å². The summed E-state index contributed by atoms with van der Waals surface area (Å²) in [6.07, 6.45) is 1.41. The molecular weight excluding hydrogens is 371 g/mol. The molecule has 0 unspecified atom stereocenters. The molecular formula is C23H27FN2O3. The van der Waals surface area contributed by atoms with E-state index in [4.69, 9.17) is 4.74 Å². The molecule has 0 saturated carbocycles. The van der Waals surface area contributed by atoms with Gasteiger partial charge in [0.2, 0.25) is 11.8 Å². The van der Waals surface area contributed by atoms with Gasteiger partial charge in [-0.2, -0.15) is 0 Å². The number of carbonyl (C=O) groups is 2. The molecule has 2 aromatic rings. The zero-order chi connectivity index (χ0) is 20.8. The van der Waals surface area contributed by atoms with Crippen molar-refractivity contribution in [3.8, 4) is 11.5 Å². The summed E-state index contributed by atoms with van der Waals surface area (Å²) in [5.74, 6) is 1.05. The Kier molecular flexibility index (Phi) is 6.86. The third-order valence-electron chi connectivity index (χ3n) is 5.11. The van der Waals surface area contributed by atoms with Crippen molar-refractivity contribution in [3.05, 3.63) is 59.9 Å². The largest absolute Gasteiger partial charge is 0.457 e. The van der Waals surface area contributed by atoms with Crippen molar-refractivity contribution >= 4 is 11.8 Å². The Morgan fingerprint density at radius 3 is 2.14 bits per heavy atom. The molecule has 2 amide bonds. The van der Waals surface area contributed by atoms with Crippen molar-refractivity contribution in [3.63, 3.8) is 0 Å². The summed E-state index contributed by atoms with van der Waals surface area (Å²) in [5.41, 5.74) is 0.970. The number of likely N-dealkylation sites (tertiary alicyclic amines) is 1. The second kappa shape index (κ2) is 9.54. The molecule has 2 aromatic carbocycles. The van der Waals surface area contributed by atoms with Gasteiger partial charge in [0.1, 0.15) is 17.3 Å². The number of nitrogens with one attached hydrogen (secondary N) is 1. The topological polar surface area (TPSA) is 58.6 Å². The van der Waals surface area contributed by atoms with Crippen molar-refractivity contribution in [2.24, 2.45) is 11.8 Å². The number of benzene rings is 2. The Balaban J connectivity index is 1.44. The number of hydrogen-bond acceptors (Lipinski definition) is 3. The van der Waals surface area contributed by atoms with Gasteiger partial charge in [-0.25, -0.2) is 4.39 Å². The van der Waals surface area contributed by atoms with Gasteiger partial charge in [-0.1, -0.05) is 26.0 Å². The van der Waals surface area contributed by atoms with E-state index in [2.05, 4.69) is 5.32 Å². The average molecular weight is 398 g/mol. The van der Waals surface area contributed by atoms with Crippen molar-refractivity contribution in [1.82, 2.24) is 10.2 Å². The molecule has 1 aliphatic heterocycles. The monoisotopic (exact) mass is 398 g/mol. The molecule has 0 radical (unpaired) electrons. The molecule has 1 fully saturated rings. The molecule has 154 valence electrons. The first-order valence-corrected chi connectivity index (χ1v) is 10.0. The first kappa shape index (κ1) is 20.8. The lowest BCUT2D eigenvalue weighted by Gasteiger charge is -2.32. The number of amides is 2. The molecule has 1 saturated heterocycles.